The molecule has 21 heavy (non-hydrogen) atoms. The van der Waals surface area contributed by atoms with Gasteiger partial charge in [-0.15, -0.1) is 0 Å². The molecule has 0 aliphatic heterocycles. The van der Waals surface area contributed by atoms with Gasteiger partial charge in [0.2, 0.25) is 0 Å². The molecule has 0 unspecified atom stereocenters. The molecule has 2 aromatic carbocycles. The molecule has 0 spiro atoms. The first-order chi connectivity index (χ1) is 10.2. The maximum absolute atomic E-state index is 8.89. The minimum Gasteiger partial charge on any atom is -0.495 e. The number of ether oxygens (including phenoxy) is 1. The highest BCUT2D eigenvalue weighted by Gasteiger charge is 2.10. The third kappa shape index (κ3) is 2.44. The maximum atomic E-state index is 8.89. The number of rotatable bonds is 3. The lowest BCUT2D eigenvalue weighted by Crippen LogP contribution is -1.95. The van der Waals surface area contributed by atoms with Crippen molar-refractivity contribution in [2.45, 2.75) is 0 Å². The first-order valence-electron chi connectivity index (χ1n) is 6.21. The summed E-state index contributed by atoms with van der Waals surface area (Å²) in [5, 5.41) is 11.9. The smallest absolute Gasteiger partial charge is 0.300 e. The van der Waals surface area contributed by atoms with E-state index in [0.717, 1.165) is 0 Å². The molecular formula is C15H12N4O2. The number of aromatic nitrogens is 1. The van der Waals surface area contributed by atoms with Crippen molar-refractivity contribution in [3.63, 3.8) is 0 Å². The maximum Gasteiger partial charge on any atom is 0.300 e. The van der Waals surface area contributed by atoms with E-state index in [-0.39, 0.29) is 0 Å². The van der Waals surface area contributed by atoms with Crippen molar-refractivity contribution in [3.8, 4) is 11.8 Å². The highest BCUT2D eigenvalue weighted by atomic mass is 16.5. The van der Waals surface area contributed by atoms with Gasteiger partial charge in [0, 0.05) is 11.8 Å². The summed E-state index contributed by atoms with van der Waals surface area (Å²) in [5.74, 6) is 0.538. The van der Waals surface area contributed by atoms with Crippen LogP contribution in [-0.4, -0.2) is 12.1 Å². The average Bonchev–Trinajstić information content (AvgIpc) is 2.89. The molecule has 0 bridgehead atoms. The molecule has 0 aliphatic rings. The lowest BCUT2D eigenvalue weighted by Gasteiger charge is -2.08. The zero-order valence-electron chi connectivity index (χ0n) is 11.3. The number of nitrogens with zero attached hydrogens (tertiary/aromatic N) is 2. The zero-order valence-corrected chi connectivity index (χ0v) is 11.3. The number of fused-ring (bicyclic) bond motifs is 1. The fourth-order valence-corrected chi connectivity index (χ4v) is 1.98. The van der Waals surface area contributed by atoms with Crippen LogP contribution in [0.4, 0.5) is 17.4 Å². The third-order valence-electron chi connectivity index (χ3n) is 2.98. The molecule has 0 saturated carbocycles. The van der Waals surface area contributed by atoms with E-state index < -0.39 is 0 Å². The van der Waals surface area contributed by atoms with E-state index in [1.807, 2.05) is 0 Å². The van der Waals surface area contributed by atoms with E-state index in [2.05, 4.69) is 16.4 Å². The fourth-order valence-electron chi connectivity index (χ4n) is 1.98. The quantitative estimate of drug-likeness (QED) is 0.716. The number of oxazole rings is 1. The second-order valence-corrected chi connectivity index (χ2v) is 4.40. The van der Waals surface area contributed by atoms with Gasteiger partial charge in [-0.2, -0.15) is 10.2 Å². The van der Waals surface area contributed by atoms with E-state index in [4.69, 9.17) is 20.1 Å². The van der Waals surface area contributed by atoms with E-state index in [9.17, 15) is 0 Å². The normalized spacial score (nSPS) is 10.3. The van der Waals surface area contributed by atoms with Crippen LogP contribution in [0.3, 0.4) is 0 Å². The number of anilines is 3. The summed E-state index contributed by atoms with van der Waals surface area (Å²) in [6.07, 6.45) is 0. The van der Waals surface area contributed by atoms with Gasteiger partial charge in [0.1, 0.15) is 11.3 Å². The first kappa shape index (κ1) is 12.8. The second kappa shape index (κ2) is 5.06. The van der Waals surface area contributed by atoms with Gasteiger partial charge < -0.3 is 20.2 Å². The van der Waals surface area contributed by atoms with Crippen LogP contribution < -0.4 is 15.8 Å². The molecule has 0 atom stereocenters. The van der Waals surface area contributed by atoms with Crippen molar-refractivity contribution < 1.29 is 9.15 Å². The van der Waals surface area contributed by atoms with Gasteiger partial charge in [0.15, 0.2) is 5.58 Å². The summed E-state index contributed by atoms with van der Waals surface area (Å²) in [6, 6.07) is 12.7. The molecule has 0 saturated heterocycles. The van der Waals surface area contributed by atoms with Gasteiger partial charge in [0.25, 0.3) is 6.01 Å². The SMILES string of the molecule is COc1cc(C#N)ccc1Nc1nc2cc(N)ccc2o1. The van der Waals surface area contributed by atoms with Gasteiger partial charge in [0.05, 0.1) is 24.4 Å². The van der Waals surface area contributed by atoms with Crippen LogP contribution in [0.15, 0.2) is 40.8 Å². The third-order valence-corrected chi connectivity index (χ3v) is 2.98. The predicted octanol–water partition coefficient (Wildman–Crippen LogP) is 3.03. The summed E-state index contributed by atoms with van der Waals surface area (Å²) in [7, 11) is 1.54. The molecule has 6 heteroatoms. The van der Waals surface area contributed by atoms with Crippen LogP contribution in [0.5, 0.6) is 5.75 Å². The Morgan fingerprint density at radius 1 is 1.29 bits per heavy atom. The number of nitrogens with two attached hydrogens (primary N) is 1. The number of methoxy groups -OCH3 is 1. The van der Waals surface area contributed by atoms with Crippen LogP contribution in [0, 0.1) is 11.3 Å². The first-order valence-corrected chi connectivity index (χ1v) is 6.21. The summed E-state index contributed by atoms with van der Waals surface area (Å²) in [5.41, 5.74) is 8.82. The van der Waals surface area contributed by atoms with Crippen LogP contribution in [0.1, 0.15) is 5.56 Å². The number of benzene rings is 2. The van der Waals surface area contributed by atoms with Gasteiger partial charge in [-0.1, -0.05) is 0 Å². The zero-order chi connectivity index (χ0) is 14.8. The van der Waals surface area contributed by atoms with Gasteiger partial charge in [-0.05, 0) is 30.3 Å². The summed E-state index contributed by atoms with van der Waals surface area (Å²) >= 11 is 0. The summed E-state index contributed by atoms with van der Waals surface area (Å²) in [6.45, 7) is 0. The topological polar surface area (TPSA) is 97.1 Å². The number of nitrogen functional groups attached to an aromatic ring is 1. The fraction of sp³-hybridized carbons (Fsp3) is 0.0667. The molecule has 0 radical (unpaired) electrons. The standard InChI is InChI=1S/C15H12N4O2/c1-20-14-6-9(8-16)2-4-11(14)18-15-19-12-7-10(17)3-5-13(12)21-15/h2-7H,17H2,1H3,(H,18,19). The van der Waals surface area contributed by atoms with Crippen molar-refractivity contribution in [2.24, 2.45) is 0 Å². The molecule has 3 N–H and O–H groups in total. The Labute approximate surface area is 120 Å². The summed E-state index contributed by atoms with van der Waals surface area (Å²) in [4.78, 5) is 4.31. The van der Waals surface area contributed by atoms with Crippen molar-refractivity contribution in [1.29, 1.82) is 5.26 Å². The molecule has 104 valence electrons. The van der Waals surface area contributed by atoms with Gasteiger partial charge in [-0.3, -0.25) is 0 Å². The molecule has 0 aliphatic carbocycles. The molecule has 1 heterocycles. The number of nitrogens with one attached hydrogen (secondary N) is 1. The van der Waals surface area contributed by atoms with Crippen LogP contribution in [0.25, 0.3) is 11.1 Å². The highest BCUT2D eigenvalue weighted by molar-refractivity contribution is 5.79. The van der Waals surface area contributed by atoms with Crippen molar-refractivity contribution in [2.75, 3.05) is 18.2 Å². The Balaban J connectivity index is 1.96. The Bertz CT molecular complexity index is 848. The van der Waals surface area contributed by atoms with Crippen molar-refractivity contribution in [1.82, 2.24) is 4.98 Å². The lowest BCUT2D eigenvalue weighted by atomic mass is 10.2. The highest BCUT2D eigenvalue weighted by Crippen LogP contribution is 2.30. The average molecular weight is 280 g/mol. The Morgan fingerprint density at radius 3 is 2.90 bits per heavy atom. The minimum atomic E-state index is 0.332. The molecule has 3 rings (SSSR count). The summed E-state index contributed by atoms with van der Waals surface area (Å²) < 4.78 is 10.8. The van der Waals surface area contributed by atoms with Crippen molar-refractivity contribution >= 4 is 28.5 Å². The minimum absolute atomic E-state index is 0.332. The molecule has 0 fully saturated rings. The largest absolute Gasteiger partial charge is 0.495 e. The van der Waals surface area contributed by atoms with Gasteiger partial charge >= 0.3 is 0 Å². The molecule has 0 amide bonds. The van der Waals surface area contributed by atoms with E-state index in [1.54, 1.807) is 36.4 Å². The van der Waals surface area contributed by atoms with E-state index >= 15 is 0 Å². The predicted molar refractivity (Wildman–Crippen MR) is 79.4 cm³/mol. The number of hydrogen-bond acceptors (Lipinski definition) is 6. The molecule has 3 aromatic rings. The van der Waals surface area contributed by atoms with E-state index in [1.165, 1.54) is 7.11 Å². The Kier molecular flexibility index (Phi) is 3.09. The van der Waals surface area contributed by atoms with E-state index in [0.29, 0.717) is 39.8 Å². The molecule has 6 nitrogen and oxygen atoms in total. The van der Waals surface area contributed by atoms with Crippen LogP contribution >= 0.6 is 0 Å². The van der Waals surface area contributed by atoms with Crippen LogP contribution in [-0.2, 0) is 0 Å². The Hall–Kier alpha value is -3.20. The second-order valence-electron chi connectivity index (χ2n) is 4.40. The molecular weight excluding hydrogens is 268 g/mol. The Morgan fingerprint density at radius 2 is 2.14 bits per heavy atom. The molecule has 1 aromatic heterocycles. The van der Waals surface area contributed by atoms with Gasteiger partial charge in [-0.25, -0.2) is 0 Å². The van der Waals surface area contributed by atoms with Crippen LogP contribution in [0.2, 0.25) is 0 Å². The van der Waals surface area contributed by atoms with Crippen molar-refractivity contribution in [3.05, 3.63) is 42.0 Å². The number of nitriles is 1. The monoisotopic (exact) mass is 280 g/mol. The lowest BCUT2D eigenvalue weighted by molar-refractivity contribution is 0.416. The number of hydrogen-bond donors (Lipinski definition) is 2.